The minimum absolute atomic E-state index is 0.245. The van der Waals surface area contributed by atoms with E-state index in [0.717, 1.165) is 14.2 Å². The van der Waals surface area contributed by atoms with Crippen LogP contribution in [0, 0.1) is 9.39 Å². The highest BCUT2D eigenvalue weighted by molar-refractivity contribution is 14.1. The molecular weight excluding hydrogens is 390 g/mol. The van der Waals surface area contributed by atoms with E-state index < -0.39 is 18.2 Å². The zero-order valence-corrected chi connectivity index (χ0v) is 12.8. The molecule has 2 aliphatic rings. The zero-order valence-electron chi connectivity index (χ0n) is 10.6. The van der Waals surface area contributed by atoms with Gasteiger partial charge in [-0.3, -0.25) is 0 Å². The fraction of sp³-hybridized carbons (Fsp3) is 0.0769. The van der Waals surface area contributed by atoms with Crippen molar-refractivity contribution in [1.82, 2.24) is 4.90 Å². The summed E-state index contributed by atoms with van der Waals surface area (Å²) in [6.45, 7) is 0. The summed E-state index contributed by atoms with van der Waals surface area (Å²) in [5.74, 6) is -0.428. The normalized spacial score (nSPS) is 23.0. The third-order valence-electron chi connectivity index (χ3n) is 3.19. The Morgan fingerprint density at radius 3 is 3.05 bits per heavy atom. The predicted octanol–water partition coefficient (Wildman–Crippen LogP) is 1.40. The summed E-state index contributed by atoms with van der Waals surface area (Å²) in [7, 11) is 0. The maximum atomic E-state index is 14.0. The number of amides is 1. The summed E-state index contributed by atoms with van der Waals surface area (Å²) in [6, 6.07) is 4.72. The molecule has 0 radical (unpaired) electrons. The number of nitrogens with one attached hydrogen (secondary N) is 2. The maximum absolute atomic E-state index is 14.0. The van der Waals surface area contributed by atoms with Crippen LogP contribution in [-0.4, -0.2) is 28.7 Å². The Bertz CT molecular complexity index is 689. The molecule has 21 heavy (non-hydrogen) atoms. The molecule has 1 amide bonds. The lowest BCUT2D eigenvalue weighted by molar-refractivity contribution is -0.790. The van der Waals surface area contributed by atoms with Crippen LogP contribution in [0.2, 0.25) is 0 Å². The minimum atomic E-state index is -1.12. The fourth-order valence-corrected chi connectivity index (χ4v) is 2.64. The molecule has 0 aromatic heterocycles. The number of hydrogen-bond donors (Lipinski definition) is 3. The molecule has 8 heteroatoms. The highest BCUT2D eigenvalue weighted by Crippen LogP contribution is 2.19. The molecule has 6 nitrogen and oxygen atoms in total. The summed E-state index contributed by atoms with van der Waals surface area (Å²) in [5, 5.41) is 12.2. The number of carboxylic acid groups (broad SMARTS) is 1. The Morgan fingerprint density at radius 1 is 1.52 bits per heavy atom. The van der Waals surface area contributed by atoms with Gasteiger partial charge >= 0.3 is 6.09 Å². The summed E-state index contributed by atoms with van der Waals surface area (Å²) < 4.78 is 14.7. The van der Waals surface area contributed by atoms with Crippen LogP contribution in [0.5, 0.6) is 0 Å². The van der Waals surface area contributed by atoms with Gasteiger partial charge in [0.05, 0.1) is 11.9 Å². The quantitative estimate of drug-likeness (QED) is 0.657. The molecule has 2 aliphatic heterocycles. The van der Waals surface area contributed by atoms with E-state index in [1.54, 1.807) is 30.7 Å². The van der Waals surface area contributed by atoms with Crippen molar-refractivity contribution < 1.29 is 19.2 Å². The summed E-state index contributed by atoms with van der Waals surface area (Å²) in [5.41, 5.74) is 1.06. The summed E-state index contributed by atoms with van der Waals surface area (Å²) >= 11 is 2.01. The molecule has 1 aromatic carbocycles. The van der Waals surface area contributed by atoms with Crippen molar-refractivity contribution in [2.24, 2.45) is 4.99 Å². The number of fused-ring (bicyclic) bond motifs is 1. The van der Waals surface area contributed by atoms with Gasteiger partial charge in [0, 0.05) is 15.8 Å². The van der Waals surface area contributed by atoms with Gasteiger partial charge in [-0.2, -0.15) is 0 Å². The van der Waals surface area contributed by atoms with Gasteiger partial charge in [0.25, 0.3) is 6.29 Å². The molecule has 0 fully saturated rings. The molecule has 2 unspecified atom stereocenters. The van der Waals surface area contributed by atoms with E-state index in [0.29, 0.717) is 4.90 Å². The van der Waals surface area contributed by atoms with E-state index in [2.05, 4.69) is 10.3 Å². The molecule has 0 saturated heterocycles. The molecule has 3 rings (SSSR count). The van der Waals surface area contributed by atoms with E-state index in [4.69, 9.17) is 0 Å². The van der Waals surface area contributed by atoms with Crippen molar-refractivity contribution in [3.05, 3.63) is 51.8 Å². The first-order chi connectivity index (χ1) is 10.1. The first-order valence-corrected chi connectivity index (χ1v) is 7.16. The van der Waals surface area contributed by atoms with Gasteiger partial charge in [0.15, 0.2) is 12.0 Å². The van der Waals surface area contributed by atoms with Crippen molar-refractivity contribution in [2.75, 3.05) is 5.32 Å². The van der Waals surface area contributed by atoms with Crippen LogP contribution < -0.4 is 10.2 Å². The number of quaternary nitrogens is 1. The Balaban J connectivity index is 1.93. The number of benzene rings is 1. The van der Waals surface area contributed by atoms with Crippen molar-refractivity contribution in [1.29, 1.82) is 0 Å². The van der Waals surface area contributed by atoms with Crippen molar-refractivity contribution >= 4 is 40.7 Å². The number of hydrogen-bond acceptors (Lipinski definition) is 3. The van der Waals surface area contributed by atoms with Crippen molar-refractivity contribution in [3.63, 3.8) is 0 Å². The van der Waals surface area contributed by atoms with Crippen LogP contribution in [0.3, 0.4) is 0 Å². The standard InChI is InChI=1S/C13H10FIN4O2/c14-10-5-8(15)1-2-11(10)17-12-18(13(20)21)4-3-9-6-16-7-19(9)12/h1-7,12,17H,(H,20,21)/p+1. The number of halogens is 2. The molecule has 0 aliphatic carbocycles. The lowest BCUT2D eigenvalue weighted by atomic mass is 10.3. The maximum Gasteiger partial charge on any atom is 0.417 e. The average molecular weight is 401 g/mol. The third-order valence-corrected chi connectivity index (χ3v) is 3.86. The van der Waals surface area contributed by atoms with Crippen molar-refractivity contribution in [3.8, 4) is 0 Å². The molecule has 2 heterocycles. The predicted molar refractivity (Wildman–Crippen MR) is 83.1 cm³/mol. The van der Waals surface area contributed by atoms with Crippen LogP contribution in [0.25, 0.3) is 0 Å². The number of anilines is 1. The topological polar surface area (TPSA) is 69.4 Å². The number of nitrogens with zero attached hydrogens (tertiary/aromatic N) is 2. The molecule has 108 valence electrons. The monoisotopic (exact) mass is 401 g/mol. The molecule has 3 N–H and O–H groups in total. The van der Waals surface area contributed by atoms with E-state index in [1.807, 2.05) is 22.6 Å². The number of aliphatic imine (C=N–C) groups is 1. The smallest absolute Gasteiger partial charge is 0.417 e. The summed E-state index contributed by atoms with van der Waals surface area (Å²) in [4.78, 5) is 17.1. The first kappa shape index (κ1) is 14.0. The van der Waals surface area contributed by atoms with E-state index in [-0.39, 0.29) is 5.69 Å². The molecule has 0 saturated carbocycles. The molecular formula is C13H11FIN4O2+. The van der Waals surface area contributed by atoms with Crippen LogP contribution in [-0.2, 0) is 0 Å². The van der Waals surface area contributed by atoms with Gasteiger partial charge in [-0.25, -0.2) is 24.0 Å². The Morgan fingerprint density at radius 2 is 2.33 bits per heavy atom. The van der Waals surface area contributed by atoms with Gasteiger partial charge in [0.2, 0.25) is 0 Å². The van der Waals surface area contributed by atoms with Crippen LogP contribution in [0.1, 0.15) is 0 Å². The number of rotatable bonds is 2. The minimum Gasteiger partial charge on any atom is -0.464 e. The molecule has 0 spiro atoms. The zero-order chi connectivity index (χ0) is 15.0. The number of carbonyl (C=O) groups is 1. The lowest BCUT2D eigenvalue weighted by Crippen LogP contribution is -3.16. The van der Waals surface area contributed by atoms with Crippen LogP contribution in [0.15, 0.2) is 47.4 Å². The molecule has 0 bridgehead atoms. The molecule has 2 atom stereocenters. The van der Waals surface area contributed by atoms with E-state index >= 15 is 0 Å². The SMILES string of the molecule is O=C(O)N1C=CC2=CN=C[NH+]2C1Nc1ccc(I)cc1F. The Kier molecular flexibility index (Phi) is 3.64. The largest absolute Gasteiger partial charge is 0.464 e. The van der Waals surface area contributed by atoms with Gasteiger partial charge in [-0.05, 0) is 40.8 Å². The summed E-state index contributed by atoms with van der Waals surface area (Å²) in [6.07, 6.45) is 4.50. The van der Waals surface area contributed by atoms with Crippen LogP contribution >= 0.6 is 22.6 Å². The highest BCUT2D eigenvalue weighted by Gasteiger charge is 2.38. The second-order valence-electron chi connectivity index (χ2n) is 4.49. The fourth-order valence-electron chi connectivity index (χ4n) is 2.19. The van der Waals surface area contributed by atoms with Gasteiger partial charge in [-0.15, -0.1) is 0 Å². The van der Waals surface area contributed by atoms with Gasteiger partial charge in [0.1, 0.15) is 5.82 Å². The lowest BCUT2D eigenvalue weighted by Gasteiger charge is -2.33. The Labute approximate surface area is 133 Å². The molecule has 1 aromatic rings. The average Bonchev–Trinajstić information content (AvgIpc) is 2.90. The first-order valence-electron chi connectivity index (χ1n) is 6.08. The number of allylic oxidation sites excluding steroid dienone is 1. The van der Waals surface area contributed by atoms with Gasteiger partial charge in [-0.1, -0.05) is 0 Å². The highest BCUT2D eigenvalue weighted by atomic mass is 127. The van der Waals surface area contributed by atoms with Crippen LogP contribution in [0.4, 0.5) is 14.9 Å². The second kappa shape index (κ2) is 5.45. The van der Waals surface area contributed by atoms with E-state index in [1.165, 1.54) is 12.3 Å². The van der Waals surface area contributed by atoms with Crippen molar-refractivity contribution in [2.45, 2.75) is 6.29 Å². The van der Waals surface area contributed by atoms with Gasteiger partial charge < -0.3 is 10.4 Å². The van der Waals surface area contributed by atoms with E-state index in [9.17, 15) is 14.3 Å². The second-order valence-corrected chi connectivity index (χ2v) is 5.74. The Hall–Kier alpha value is -1.94. The third kappa shape index (κ3) is 2.63.